The van der Waals surface area contributed by atoms with Crippen LogP contribution in [0.5, 0.6) is 5.75 Å². The molecule has 0 spiro atoms. The van der Waals surface area contributed by atoms with Crippen LogP contribution in [0.4, 0.5) is 0 Å². The molecule has 1 heterocycles. The summed E-state index contributed by atoms with van der Waals surface area (Å²) in [6.07, 6.45) is 0. The fourth-order valence-corrected chi connectivity index (χ4v) is 5.17. The number of ether oxygens (including phenoxy) is 1. The van der Waals surface area contributed by atoms with Gasteiger partial charge in [-0.05, 0) is 49.7 Å². The van der Waals surface area contributed by atoms with Crippen molar-refractivity contribution in [3.8, 4) is 17.0 Å². The van der Waals surface area contributed by atoms with Gasteiger partial charge in [-0.1, -0.05) is 48.0 Å². The van der Waals surface area contributed by atoms with Crippen molar-refractivity contribution < 1.29 is 13.2 Å². The number of rotatable bonds is 4. The quantitative estimate of drug-likeness (QED) is 0.482. The minimum Gasteiger partial charge on any atom is -0.496 e. The molecule has 0 saturated carbocycles. The summed E-state index contributed by atoms with van der Waals surface area (Å²) in [5, 5.41) is 0.902. The number of hydrogen-bond acceptors (Lipinski definition) is 3. The molecule has 3 aromatic carbocycles. The Balaban J connectivity index is 2.12. The van der Waals surface area contributed by atoms with Crippen LogP contribution in [0.15, 0.2) is 77.7 Å². The van der Waals surface area contributed by atoms with Gasteiger partial charge in [-0.2, -0.15) is 0 Å². The molecule has 4 aromatic rings. The number of aryl methyl sites for hydroxylation is 2. The monoisotopic (exact) mass is 391 g/mol. The van der Waals surface area contributed by atoms with Crippen LogP contribution >= 0.6 is 0 Å². The molecule has 4 nitrogen and oxygen atoms in total. The van der Waals surface area contributed by atoms with Crippen molar-refractivity contribution in [1.82, 2.24) is 3.97 Å². The molecule has 0 unspecified atom stereocenters. The molecule has 142 valence electrons. The average molecular weight is 391 g/mol. The summed E-state index contributed by atoms with van der Waals surface area (Å²) in [5.74, 6) is 0.633. The first kappa shape index (κ1) is 18.3. The Morgan fingerprint density at radius 3 is 2.18 bits per heavy atom. The van der Waals surface area contributed by atoms with Gasteiger partial charge in [0.05, 0.1) is 23.2 Å². The first-order valence-electron chi connectivity index (χ1n) is 9.01. The summed E-state index contributed by atoms with van der Waals surface area (Å²) in [5.41, 5.74) is 3.93. The maximum absolute atomic E-state index is 13.7. The Kier molecular flexibility index (Phi) is 4.47. The lowest BCUT2D eigenvalue weighted by molar-refractivity contribution is 0.416. The van der Waals surface area contributed by atoms with E-state index >= 15 is 0 Å². The lowest BCUT2D eigenvalue weighted by atomic mass is 10.1. The standard InChI is InChI=1S/C23H21NO3S/c1-16-12-14-18(15-13-16)28(25,26)24-21-10-6-4-8-19(21)17(2)23(24)20-9-5-7-11-22(20)27-3/h4-15H,1-3H3. The number of nitrogens with zero attached hydrogens (tertiary/aromatic N) is 1. The predicted octanol–water partition coefficient (Wildman–Crippen LogP) is 5.17. The minimum atomic E-state index is -3.80. The van der Waals surface area contributed by atoms with E-state index in [0.29, 0.717) is 17.0 Å². The van der Waals surface area contributed by atoms with E-state index in [-0.39, 0.29) is 4.90 Å². The number of para-hydroxylation sites is 2. The van der Waals surface area contributed by atoms with Crippen LogP contribution in [-0.2, 0) is 10.0 Å². The third kappa shape index (κ3) is 2.79. The van der Waals surface area contributed by atoms with E-state index < -0.39 is 10.0 Å². The Morgan fingerprint density at radius 1 is 0.821 bits per heavy atom. The Labute approximate surface area is 165 Å². The fraction of sp³-hybridized carbons (Fsp3) is 0.130. The Morgan fingerprint density at radius 2 is 1.46 bits per heavy atom. The molecule has 0 atom stereocenters. The van der Waals surface area contributed by atoms with Gasteiger partial charge in [0.25, 0.3) is 10.0 Å². The largest absolute Gasteiger partial charge is 0.496 e. The first-order valence-corrected chi connectivity index (χ1v) is 10.4. The molecule has 0 radical (unpaired) electrons. The van der Waals surface area contributed by atoms with E-state index in [1.165, 1.54) is 3.97 Å². The summed E-state index contributed by atoms with van der Waals surface area (Å²) < 4.78 is 34.4. The van der Waals surface area contributed by atoms with Gasteiger partial charge >= 0.3 is 0 Å². The third-order valence-electron chi connectivity index (χ3n) is 5.01. The zero-order chi connectivity index (χ0) is 19.9. The van der Waals surface area contributed by atoms with Crippen molar-refractivity contribution in [2.75, 3.05) is 7.11 Å². The number of hydrogen-bond donors (Lipinski definition) is 0. The van der Waals surface area contributed by atoms with Crippen molar-refractivity contribution in [3.05, 3.63) is 83.9 Å². The van der Waals surface area contributed by atoms with Crippen LogP contribution in [0.3, 0.4) is 0 Å². The van der Waals surface area contributed by atoms with Crippen molar-refractivity contribution >= 4 is 20.9 Å². The van der Waals surface area contributed by atoms with E-state index in [4.69, 9.17) is 4.74 Å². The van der Waals surface area contributed by atoms with Gasteiger partial charge in [0.1, 0.15) is 5.75 Å². The second kappa shape index (κ2) is 6.84. The van der Waals surface area contributed by atoms with E-state index in [1.807, 2.05) is 74.5 Å². The van der Waals surface area contributed by atoms with E-state index in [9.17, 15) is 8.42 Å². The molecule has 0 aliphatic heterocycles. The zero-order valence-electron chi connectivity index (χ0n) is 16.0. The molecular formula is C23H21NO3S. The topological polar surface area (TPSA) is 48.3 Å². The molecular weight excluding hydrogens is 370 g/mol. The van der Waals surface area contributed by atoms with Crippen LogP contribution in [-0.4, -0.2) is 19.5 Å². The van der Waals surface area contributed by atoms with Gasteiger partial charge in [-0.15, -0.1) is 0 Å². The number of aromatic nitrogens is 1. The molecule has 0 fully saturated rings. The highest BCUT2D eigenvalue weighted by atomic mass is 32.2. The molecule has 0 aliphatic carbocycles. The minimum absolute atomic E-state index is 0.259. The molecule has 4 rings (SSSR count). The molecule has 1 aromatic heterocycles. The zero-order valence-corrected chi connectivity index (χ0v) is 16.8. The first-order chi connectivity index (χ1) is 13.4. The molecule has 0 bridgehead atoms. The summed E-state index contributed by atoms with van der Waals surface area (Å²) in [7, 11) is -2.21. The second-order valence-electron chi connectivity index (χ2n) is 6.77. The van der Waals surface area contributed by atoms with Crippen LogP contribution in [0.1, 0.15) is 11.1 Å². The third-order valence-corrected chi connectivity index (χ3v) is 6.73. The highest BCUT2D eigenvalue weighted by Crippen LogP contribution is 2.39. The van der Waals surface area contributed by atoms with Gasteiger partial charge in [0.2, 0.25) is 0 Å². The molecule has 0 aliphatic rings. The van der Waals surface area contributed by atoms with Gasteiger partial charge < -0.3 is 4.74 Å². The molecule has 0 saturated heterocycles. The van der Waals surface area contributed by atoms with Gasteiger partial charge in [0, 0.05) is 10.9 Å². The van der Waals surface area contributed by atoms with Crippen LogP contribution in [0.2, 0.25) is 0 Å². The second-order valence-corrected chi connectivity index (χ2v) is 8.56. The summed E-state index contributed by atoms with van der Waals surface area (Å²) in [6, 6.07) is 22.0. The van der Waals surface area contributed by atoms with Crippen LogP contribution in [0, 0.1) is 13.8 Å². The summed E-state index contributed by atoms with van der Waals surface area (Å²) in [6.45, 7) is 3.89. The van der Waals surface area contributed by atoms with Gasteiger partial charge in [-0.25, -0.2) is 12.4 Å². The molecule has 0 amide bonds. The van der Waals surface area contributed by atoms with Gasteiger partial charge in [0.15, 0.2) is 0 Å². The van der Waals surface area contributed by atoms with Crippen molar-refractivity contribution in [1.29, 1.82) is 0 Å². The molecule has 5 heteroatoms. The molecule has 28 heavy (non-hydrogen) atoms. The van der Waals surface area contributed by atoms with Crippen molar-refractivity contribution in [2.24, 2.45) is 0 Å². The smallest absolute Gasteiger partial charge is 0.268 e. The Hall–Kier alpha value is -3.05. The highest BCUT2D eigenvalue weighted by Gasteiger charge is 2.27. The van der Waals surface area contributed by atoms with E-state index in [2.05, 4.69) is 0 Å². The maximum atomic E-state index is 13.7. The number of fused-ring (bicyclic) bond motifs is 1. The number of methoxy groups -OCH3 is 1. The highest BCUT2D eigenvalue weighted by molar-refractivity contribution is 7.90. The van der Waals surface area contributed by atoms with E-state index in [1.54, 1.807) is 19.2 Å². The fourth-order valence-electron chi connectivity index (χ4n) is 3.59. The molecule has 0 N–H and O–H groups in total. The van der Waals surface area contributed by atoms with E-state index in [0.717, 1.165) is 22.1 Å². The lowest BCUT2D eigenvalue weighted by Gasteiger charge is -2.15. The normalized spacial score (nSPS) is 11.7. The van der Waals surface area contributed by atoms with Crippen LogP contribution < -0.4 is 4.74 Å². The van der Waals surface area contributed by atoms with Crippen LogP contribution in [0.25, 0.3) is 22.2 Å². The Bertz CT molecular complexity index is 1270. The maximum Gasteiger partial charge on any atom is 0.268 e. The predicted molar refractivity (Wildman–Crippen MR) is 112 cm³/mol. The summed E-state index contributed by atoms with van der Waals surface area (Å²) in [4.78, 5) is 0.259. The van der Waals surface area contributed by atoms with Crippen molar-refractivity contribution in [3.63, 3.8) is 0 Å². The average Bonchev–Trinajstić information content (AvgIpc) is 3.01. The van der Waals surface area contributed by atoms with Gasteiger partial charge in [-0.3, -0.25) is 0 Å². The number of benzene rings is 3. The summed E-state index contributed by atoms with van der Waals surface area (Å²) >= 11 is 0. The lowest BCUT2D eigenvalue weighted by Crippen LogP contribution is -2.14. The SMILES string of the molecule is COc1ccccc1-c1c(C)c2ccccc2n1S(=O)(=O)c1ccc(C)cc1. The van der Waals surface area contributed by atoms with Crippen molar-refractivity contribution in [2.45, 2.75) is 18.7 Å².